The van der Waals surface area contributed by atoms with Crippen LogP contribution >= 0.6 is 0 Å². The van der Waals surface area contributed by atoms with E-state index in [0.717, 1.165) is 29.8 Å². The van der Waals surface area contributed by atoms with Crippen molar-refractivity contribution in [2.24, 2.45) is 10.9 Å². The largest absolute Gasteiger partial charge is 0.386 e. The predicted molar refractivity (Wildman–Crippen MR) is 103 cm³/mol. The summed E-state index contributed by atoms with van der Waals surface area (Å²) in [4.78, 5) is 19.6. The second-order valence-corrected chi connectivity index (χ2v) is 7.21. The minimum Gasteiger partial charge on any atom is -0.386 e. The normalized spacial score (nSPS) is 20.3. The lowest BCUT2D eigenvalue weighted by Gasteiger charge is -2.26. The van der Waals surface area contributed by atoms with Crippen LogP contribution in [0.3, 0.4) is 0 Å². The summed E-state index contributed by atoms with van der Waals surface area (Å²) in [5, 5.41) is 3.54. The molecular weight excluding hydrogens is 310 g/mol. The second-order valence-electron chi connectivity index (χ2n) is 7.21. The molecule has 1 fully saturated rings. The fourth-order valence-electron chi connectivity index (χ4n) is 3.60. The Morgan fingerprint density at radius 3 is 2.72 bits per heavy atom. The Morgan fingerprint density at radius 2 is 2.08 bits per heavy atom. The molecule has 4 heteroatoms. The molecule has 25 heavy (non-hydrogen) atoms. The molecule has 0 spiro atoms. The van der Waals surface area contributed by atoms with Crippen molar-refractivity contribution < 1.29 is 4.79 Å². The lowest BCUT2D eigenvalue weighted by Crippen LogP contribution is -2.30. The quantitative estimate of drug-likeness (QED) is 0.837. The van der Waals surface area contributed by atoms with E-state index in [9.17, 15) is 4.79 Å². The smallest absolute Gasteiger partial charge is 0.273 e. The number of likely N-dealkylation sites (tertiary alicyclic amines) is 1. The molecule has 1 aromatic carbocycles. The average Bonchev–Trinajstić information content (AvgIpc) is 2.71. The number of rotatable bonds is 5. The molecule has 3 rings (SSSR count). The van der Waals surface area contributed by atoms with Crippen LogP contribution in [-0.2, 0) is 4.79 Å². The van der Waals surface area contributed by atoms with Crippen molar-refractivity contribution in [2.45, 2.75) is 33.2 Å². The van der Waals surface area contributed by atoms with E-state index in [1.165, 1.54) is 5.56 Å². The molecule has 132 valence electrons. The molecular formula is C21H27N3O. The maximum absolute atomic E-state index is 13.0. The SMILES string of the molecule is C=CCN1C(=O)C2=NCCNC(CC(C)C)=C2C1c1ccc(C)cc1. The average molecular weight is 337 g/mol. The van der Waals surface area contributed by atoms with Crippen LogP contribution in [0, 0.1) is 12.8 Å². The molecule has 0 aliphatic carbocycles. The fourth-order valence-corrected chi connectivity index (χ4v) is 3.60. The van der Waals surface area contributed by atoms with Crippen molar-refractivity contribution in [3.05, 3.63) is 59.3 Å². The number of carbonyl (C=O) groups excluding carboxylic acids is 1. The Morgan fingerprint density at radius 1 is 1.36 bits per heavy atom. The number of aliphatic imine (C=N–C) groups is 1. The second kappa shape index (κ2) is 7.26. The zero-order chi connectivity index (χ0) is 18.0. The van der Waals surface area contributed by atoms with E-state index in [-0.39, 0.29) is 11.9 Å². The van der Waals surface area contributed by atoms with Crippen LogP contribution in [0.15, 0.2) is 53.2 Å². The molecule has 0 aromatic heterocycles. The number of allylic oxidation sites excluding steroid dienone is 1. The van der Waals surface area contributed by atoms with E-state index < -0.39 is 0 Å². The summed E-state index contributed by atoms with van der Waals surface area (Å²) in [6.07, 6.45) is 2.72. The fraction of sp³-hybridized carbons (Fsp3) is 0.429. The van der Waals surface area contributed by atoms with Crippen molar-refractivity contribution in [1.29, 1.82) is 0 Å². The van der Waals surface area contributed by atoms with Crippen molar-refractivity contribution in [3.63, 3.8) is 0 Å². The summed E-state index contributed by atoms with van der Waals surface area (Å²) in [5.74, 6) is 0.530. The van der Waals surface area contributed by atoms with Gasteiger partial charge in [-0.05, 0) is 24.8 Å². The van der Waals surface area contributed by atoms with Crippen molar-refractivity contribution >= 4 is 11.6 Å². The van der Waals surface area contributed by atoms with Crippen molar-refractivity contribution in [1.82, 2.24) is 10.2 Å². The number of nitrogens with one attached hydrogen (secondary N) is 1. The van der Waals surface area contributed by atoms with Crippen LogP contribution in [0.1, 0.15) is 37.4 Å². The Labute approximate surface area is 150 Å². The van der Waals surface area contributed by atoms with Gasteiger partial charge in [-0.15, -0.1) is 6.58 Å². The minimum atomic E-state index is -0.0933. The summed E-state index contributed by atoms with van der Waals surface area (Å²) in [5.41, 5.74) is 5.20. The summed E-state index contributed by atoms with van der Waals surface area (Å²) >= 11 is 0. The number of benzene rings is 1. The number of hydrogen-bond donors (Lipinski definition) is 1. The van der Waals surface area contributed by atoms with Gasteiger partial charge >= 0.3 is 0 Å². The van der Waals surface area contributed by atoms with Crippen LogP contribution in [0.25, 0.3) is 0 Å². The van der Waals surface area contributed by atoms with Gasteiger partial charge in [0, 0.05) is 24.4 Å². The first kappa shape index (κ1) is 17.5. The Balaban J connectivity index is 2.17. The lowest BCUT2D eigenvalue weighted by molar-refractivity contribution is -0.123. The third kappa shape index (κ3) is 3.39. The molecule has 1 amide bonds. The van der Waals surface area contributed by atoms with Crippen LogP contribution < -0.4 is 5.32 Å². The predicted octanol–water partition coefficient (Wildman–Crippen LogP) is 3.41. The van der Waals surface area contributed by atoms with Crippen LogP contribution in [0.5, 0.6) is 0 Å². The van der Waals surface area contributed by atoms with E-state index >= 15 is 0 Å². The Kier molecular flexibility index (Phi) is 5.07. The van der Waals surface area contributed by atoms with Gasteiger partial charge in [0.05, 0.1) is 12.6 Å². The maximum Gasteiger partial charge on any atom is 0.273 e. The highest BCUT2D eigenvalue weighted by atomic mass is 16.2. The standard InChI is InChI=1S/C21H27N3O/c1-5-12-24-20(16-8-6-15(4)7-9-16)18-17(13-14(2)3)22-10-11-23-19(18)21(24)25/h5-9,14,20,22H,1,10-13H2,2-4H3. The van der Waals surface area contributed by atoms with Gasteiger partial charge in [-0.1, -0.05) is 49.8 Å². The summed E-state index contributed by atoms with van der Waals surface area (Å²) < 4.78 is 0. The molecule has 2 heterocycles. The Bertz CT molecular complexity index is 728. The molecule has 1 unspecified atom stereocenters. The van der Waals surface area contributed by atoms with Gasteiger partial charge in [0.1, 0.15) is 5.71 Å². The van der Waals surface area contributed by atoms with E-state index in [1.807, 2.05) is 4.90 Å². The zero-order valence-corrected chi connectivity index (χ0v) is 15.4. The maximum atomic E-state index is 13.0. The number of hydrogen-bond acceptors (Lipinski definition) is 3. The number of nitrogens with zero attached hydrogens (tertiary/aromatic N) is 2. The van der Waals surface area contributed by atoms with Crippen LogP contribution in [0.4, 0.5) is 0 Å². The number of aryl methyl sites for hydroxylation is 1. The van der Waals surface area contributed by atoms with Gasteiger partial charge in [0.25, 0.3) is 5.91 Å². The molecule has 0 saturated carbocycles. The van der Waals surface area contributed by atoms with E-state index in [0.29, 0.717) is 24.7 Å². The lowest BCUT2D eigenvalue weighted by atomic mass is 9.93. The first-order chi connectivity index (χ1) is 12.0. The molecule has 0 radical (unpaired) electrons. The summed E-state index contributed by atoms with van der Waals surface area (Å²) in [7, 11) is 0. The first-order valence-electron chi connectivity index (χ1n) is 9.03. The molecule has 1 N–H and O–H groups in total. The summed E-state index contributed by atoms with van der Waals surface area (Å²) in [6, 6.07) is 8.36. The molecule has 1 saturated heterocycles. The molecule has 2 aliphatic heterocycles. The topological polar surface area (TPSA) is 44.7 Å². The van der Waals surface area contributed by atoms with Gasteiger partial charge in [0.2, 0.25) is 0 Å². The van der Waals surface area contributed by atoms with E-state index in [4.69, 9.17) is 0 Å². The monoisotopic (exact) mass is 337 g/mol. The van der Waals surface area contributed by atoms with E-state index in [2.05, 4.69) is 61.9 Å². The highest BCUT2D eigenvalue weighted by molar-refractivity contribution is 6.48. The van der Waals surface area contributed by atoms with Crippen molar-refractivity contribution in [2.75, 3.05) is 19.6 Å². The van der Waals surface area contributed by atoms with Crippen molar-refractivity contribution in [3.8, 4) is 0 Å². The Hall–Kier alpha value is -2.36. The van der Waals surface area contributed by atoms with Gasteiger partial charge in [-0.3, -0.25) is 9.79 Å². The highest BCUT2D eigenvalue weighted by Crippen LogP contribution is 2.39. The molecule has 1 aromatic rings. The minimum absolute atomic E-state index is 0.0189. The third-order valence-electron chi connectivity index (χ3n) is 4.68. The number of amides is 1. The van der Waals surface area contributed by atoms with Gasteiger partial charge < -0.3 is 10.2 Å². The zero-order valence-electron chi connectivity index (χ0n) is 15.4. The van der Waals surface area contributed by atoms with Crippen LogP contribution in [0.2, 0.25) is 0 Å². The molecule has 1 atom stereocenters. The van der Waals surface area contributed by atoms with Gasteiger partial charge in [0.15, 0.2) is 0 Å². The third-order valence-corrected chi connectivity index (χ3v) is 4.68. The van der Waals surface area contributed by atoms with Gasteiger partial charge in [-0.2, -0.15) is 0 Å². The highest BCUT2D eigenvalue weighted by Gasteiger charge is 2.43. The number of fused-ring (bicyclic) bond motifs is 1. The number of carbonyl (C=O) groups is 1. The molecule has 2 aliphatic rings. The van der Waals surface area contributed by atoms with Gasteiger partial charge in [-0.25, -0.2) is 0 Å². The molecule has 0 bridgehead atoms. The molecule has 4 nitrogen and oxygen atoms in total. The van der Waals surface area contributed by atoms with E-state index in [1.54, 1.807) is 6.08 Å². The summed E-state index contributed by atoms with van der Waals surface area (Å²) in [6.45, 7) is 12.3. The first-order valence-corrected chi connectivity index (χ1v) is 9.03. The van der Waals surface area contributed by atoms with Crippen LogP contribution in [-0.4, -0.2) is 36.2 Å².